The molecule has 1 aromatic carbocycles. The molecule has 2 aromatic heterocycles. The number of aromatic nitrogens is 5. The zero-order valence-corrected chi connectivity index (χ0v) is 15.9. The molecule has 0 saturated heterocycles. The highest BCUT2D eigenvalue weighted by Crippen LogP contribution is 2.27. The van der Waals surface area contributed by atoms with Crippen molar-refractivity contribution in [1.82, 2.24) is 29.9 Å². The number of para-hydroxylation sites is 1. The van der Waals surface area contributed by atoms with E-state index >= 15 is 0 Å². The van der Waals surface area contributed by atoms with Gasteiger partial charge in [0.2, 0.25) is 0 Å². The lowest BCUT2D eigenvalue weighted by Crippen LogP contribution is -2.26. The average molecular weight is 376 g/mol. The second-order valence-corrected chi connectivity index (χ2v) is 7.55. The van der Waals surface area contributed by atoms with Crippen LogP contribution in [0.4, 0.5) is 0 Å². The van der Waals surface area contributed by atoms with Crippen LogP contribution in [0.5, 0.6) is 0 Å². The van der Waals surface area contributed by atoms with Crippen molar-refractivity contribution in [1.29, 1.82) is 0 Å². The summed E-state index contributed by atoms with van der Waals surface area (Å²) >= 11 is 0. The van der Waals surface area contributed by atoms with Crippen molar-refractivity contribution >= 4 is 5.91 Å². The van der Waals surface area contributed by atoms with Crippen LogP contribution in [0.2, 0.25) is 0 Å². The molecule has 2 aliphatic rings. The molecule has 1 amide bonds. The van der Waals surface area contributed by atoms with E-state index in [2.05, 4.69) is 25.2 Å². The van der Waals surface area contributed by atoms with Gasteiger partial charge in [0.05, 0.1) is 12.2 Å². The van der Waals surface area contributed by atoms with Crippen molar-refractivity contribution < 1.29 is 4.79 Å². The van der Waals surface area contributed by atoms with Crippen molar-refractivity contribution in [2.45, 2.75) is 58.0 Å². The fraction of sp³-hybridized carbons (Fsp3) is 0.429. The molecule has 1 aliphatic heterocycles. The molecular weight excluding hydrogens is 352 g/mol. The normalized spacial score (nSPS) is 15.7. The van der Waals surface area contributed by atoms with Crippen molar-refractivity contribution in [3.05, 3.63) is 58.9 Å². The molecule has 5 rings (SSSR count). The van der Waals surface area contributed by atoms with E-state index in [1.165, 1.54) is 6.42 Å². The topological polar surface area (TPSA) is 77.6 Å². The third-order valence-electron chi connectivity index (χ3n) is 5.74. The summed E-state index contributed by atoms with van der Waals surface area (Å²) in [4.78, 5) is 12.9. The Morgan fingerprint density at radius 1 is 1.00 bits per heavy atom. The van der Waals surface area contributed by atoms with E-state index in [4.69, 9.17) is 0 Å². The minimum atomic E-state index is -0.126. The summed E-state index contributed by atoms with van der Waals surface area (Å²) in [5.41, 5.74) is 3.79. The van der Waals surface area contributed by atoms with Gasteiger partial charge in [-0.15, -0.1) is 10.2 Å². The minimum absolute atomic E-state index is 0.126. The van der Waals surface area contributed by atoms with Crippen LogP contribution in [-0.2, 0) is 32.4 Å². The standard InChI is InChI=1S/C21H24N6O/c28-21(22-14-19-24-23-18-12-5-2-6-13-26(18)19)20-16-10-7-11-17(16)27(25-20)15-8-3-1-4-9-15/h1,3-4,8-9H,2,5-7,10-14H2,(H,22,28). The Balaban J connectivity index is 1.37. The molecule has 0 radical (unpaired) electrons. The van der Waals surface area contributed by atoms with Crippen molar-refractivity contribution in [2.24, 2.45) is 0 Å². The number of benzene rings is 1. The van der Waals surface area contributed by atoms with Gasteiger partial charge in [0, 0.05) is 24.2 Å². The molecule has 28 heavy (non-hydrogen) atoms. The van der Waals surface area contributed by atoms with Gasteiger partial charge < -0.3 is 9.88 Å². The van der Waals surface area contributed by atoms with E-state index in [-0.39, 0.29) is 5.91 Å². The van der Waals surface area contributed by atoms with Gasteiger partial charge in [0.15, 0.2) is 11.5 Å². The summed E-state index contributed by atoms with van der Waals surface area (Å²) in [6.45, 7) is 1.32. The summed E-state index contributed by atoms with van der Waals surface area (Å²) in [6, 6.07) is 10.0. The van der Waals surface area contributed by atoms with Gasteiger partial charge in [-0.3, -0.25) is 4.79 Å². The molecule has 0 bridgehead atoms. The quantitative estimate of drug-likeness (QED) is 0.759. The van der Waals surface area contributed by atoms with Crippen LogP contribution in [0.3, 0.4) is 0 Å². The summed E-state index contributed by atoms with van der Waals surface area (Å²) in [7, 11) is 0. The molecule has 0 saturated carbocycles. The molecular formula is C21H24N6O. The van der Waals surface area contributed by atoms with E-state index in [0.29, 0.717) is 12.2 Å². The number of carbonyl (C=O) groups excluding carboxylic acids is 1. The zero-order valence-electron chi connectivity index (χ0n) is 15.9. The van der Waals surface area contributed by atoms with Crippen molar-refractivity contribution in [3.8, 4) is 5.69 Å². The monoisotopic (exact) mass is 376 g/mol. The lowest BCUT2D eigenvalue weighted by Gasteiger charge is -2.08. The first-order valence-electron chi connectivity index (χ1n) is 10.2. The third kappa shape index (κ3) is 3.00. The number of hydrogen-bond donors (Lipinski definition) is 1. The van der Waals surface area contributed by atoms with E-state index < -0.39 is 0 Å². The molecule has 0 spiro atoms. The van der Waals surface area contributed by atoms with E-state index in [9.17, 15) is 4.79 Å². The summed E-state index contributed by atoms with van der Waals surface area (Å²) in [5, 5.41) is 16.3. The minimum Gasteiger partial charge on any atom is -0.343 e. The molecule has 144 valence electrons. The Bertz CT molecular complexity index is 1000. The first-order valence-corrected chi connectivity index (χ1v) is 10.2. The maximum atomic E-state index is 12.9. The van der Waals surface area contributed by atoms with Crippen LogP contribution in [0, 0.1) is 0 Å². The number of nitrogens with zero attached hydrogens (tertiary/aromatic N) is 5. The Morgan fingerprint density at radius 3 is 2.79 bits per heavy atom. The van der Waals surface area contributed by atoms with Gasteiger partial charge in [-0.1, -0.05) is 24.6 Å². The lowest BCUT2D eigenvalue weighted by molar-refractivity contribution is 0.0943. The fourth-order valence-corrected chi connectivity index (χ4v) is 4.32. The number of carbonyl (C=O) groups is 1. The van der Waals surface area contributed by atoms with Crippen LogP contribution in [0.1, 0.15) is 59.1 Å². The van der Waals surface area contributed by atoms with Gasteiger partial charge >= 0.3 is 0 Å². The Kier molecular flexibility index (Phi) is 4.43. The zero-order chi connectivity index (χ0) is 18.9. The Labute approximate surface area is 163 Å². The highest BCUT2D eigenvalue weighted by Gasteiger charge is 2.27. The number of rotatable bonds is 4. The molecule has 3 heterocycles. The Morgan fingerprint density at radius 2 is 1.89 bits per heavy atom. The van der Waals surface area contributed by atoms with Crippen LogP contribution >= 0.6 is 0 Å². The van der Waals surface area contributed by atoms with Gasteiger partial charge in [0.1, 0.15) is 5.82 Å². The number of aryl methyl sites for hydroxylation is 1. The summed E-state index contributed by atoms with van der Waals surface area (Å²) < 4.78 is 4.10. The predicted octanol–water partition coefficient (Wildman–Crippen LogP) is 2.61. The van der Waals surface area contributed by atoms with Crippen molar-refractivity contribution in [3.63, 3.8) is 0 Å². The molecule has 1 N–H and O–H groups in total. The average Bonchev–Trinajstić information content (AvgIpc) is 3.38. The van der Waals surface area contributed by atoms with Crippen LogP contribution < -0.4 is 5.32 Å². The molecule has 7 heteroatoms. The number of amides is 1. The maximum absolute atomic E-state index is 12.9. The third-order valence-corrected chi connectivity index (χ3v) is 5.74. The van der Waals surface area contributed by atoms with Crippen LogP contribution in [-0.4, -0.2) is 30.5 Å². The van der Waals surface area contributed by atoms with Crippen LogP contribution in [0.15, 0.2) is 30.3 Å². The first kappa shape index (κ1) is 17.2. The molecule has 0 fully saturated rings. The van der Waals surface area contributed by atoms with Gasteiger partial charge in [-0.25, -0.2) is 4.68 Å². The second-order valence-electron chi connectivity index (χ2n) is 7.55. The highest BCUT2D eigenvalue weighted by atomic mass is 16.2. The van der Waals surface area contributed by atoms with Crippen molar-refractivity contribution in [2.75, 3.05) is 0 Å². The maximum Gasteiger partial charge on any atom is 0.272 e. The molecule has 0 unspecified atom stereocenters. The van der Waals surface area contributed by atoms with Gasteiger partial charge in [-0.05, 0) is 44.2 Å². The lowest BCUT2D eigenvalue weighted by atomic mass is 10.2. The van der Waals surface area contributed by atoms with E-state index in [0.717, 1.165) is 73.7 Å². The first-order chi connectivity index (χ1) is 13.8. The largest absolute Gasteiger partial charge is 0.343 e. The van der Waals surface area contributed by atoms with E-state index in [1.54, 1.807) is 0 Å². The van der Waals surface area contributed by atoms with Gasteiger partial charge in [-0.2, -0.15) is 5.10 Å². The number of hydrogen-bond acceptors (Lipinski definition) is 4. The molecule has 1 aliphatic carbocycles. The van der Waals surface area contributed by atoms with E-state index in [1.807, 2.05) is 35.0 Å². The molecule has 3 aromatic rings. The summed E-state index contributed by atoms with van der Waals surface area (Å²) in [5.74, 6) is 1.75. The number of nitrogens with one attached hydrogen (secondary N) is 1. The highest BCUT2D eigenvalue weighted by molar-refractivity contribution is 5.94. The molecule has 7 nitrogen and oxygen atoms in total. The smallest absolute Gasteiger partial charge is 0.272 e. The fourth-order valence-electron chi connectivity index (χ4n) is 4.32. The number of fused-ring (bicyclic) bond motifs is 2. The van der Waals surface area contributed by atoms with Crippen LogP contribution in [0.25, 0.3) is 5.69 Å². The SMILES string of the molecule is O=C(NCc1nnc2n1CCCCC2)c1nn(-c2ccccc2)c2c1CCC2. The summed E-state index contributed by atoms with van der Waals surface area (Å²) in [6.07, 6.45) is 7.42. The molecule has 0 atom stereocenters. The van der Waals surface area contributed by atoms with Gasteiger partial charge in [0.25, 0.3) is 5.91 Å². The predicted molar refractivity (Wildman–Crippen MR) is 104 cm³/mol. The Hall–Kier alpha value is -2.96. The second kappa shape index (κ2) is 7.22.